The third-order valence-electron chi connectivity index (χ3n) is 8.15. The molecule has 0 amide bonds. The zero-order valence-electron chi connectivity index (χ0n) is 31.1. The van der Waals surface area contributed by atoms with Crippen molar-refractivity contribution in [2.24, 2.45) is 5.73 Å². The maximum absolute atomic E-state index is 5.83. The molecule has 0 bridgehead atoms. The summed E-state index contributed by atoms with van der Waals surface area (Å²) in [6, 6.07) is 12.5. The minimum atomic E-state index is 0.511. The molecule has 2 heterocycles. The van der Waals surface area contributed by atoms with Crippen molar-refractivity contribution >= 4 is 5.57 Å². The second-order valence-corrected chi connectivity index (χ2v) is 11.3. The molecule has 2 aromatic carbocycles. The second kappa shape index (κ2) is 21.7. The molecule has 4 rings (SSSR count). The number of aryl methyl sites for hydroxylation is 1. The maximum atomic E-state index is 5.83. The van der Waals surface area contributed by atoms with E-state index in [0.717, 1.165) is 81.5 Å². The Balaban J connectivity index is 0.000000317. The number of allylic oxidation sites excluding steroid dienone is 4. The summed E-state index contributed by atoms with van der Waals surface area (Å²) < 4.78 is 22.0. The Kier molecular flexibility index (Phi) is 18.2. The molecule has 1 aliphatic heterocycles. The van der Waals surface area contributed by atoms with Gasteiger partial charge in [0.05, 0.1) is 34.1 Å². The van der Waals surface area contributed by atoms with E-state index in [4.69, 9.17) is 24.7 Å². The highest BCUT2D eigenvalue weighted by Gasteiger charge is 2.15. The molecule has 2 N–H and O–H groups in total. The van der Waals surface area contributed by atoms with Gasteiger partial charge in [0.15, 0.2) is 11.5 Å². The van der Waals surface area contributed by atoms with Crippen molar-refractivity contribution in [1.29, 1.82) is 0 Å². The molecule has 262 valence electrons. The van der Waals surface area contributed by atoms with Crippen LogP contribution in [0.2, 0.25) is 0 Å². The summed E-state index contributed by atoms with van der Waals surface area (Å²) in [6.07, 6.45) is 14.8. The van der Waals surface area contributed by atoms with Crippen LogP contribution in [0.5, 0.6) is 23.0 Å². The van der Waals surface area contributed by atoms with Gasteiger partial charge in [0, 0.05) is 30.4 Å². The molecule has 0 aliphatic carbocycles. The molecular weight excluding hydrogens is 598 g/mol. The number of hydrogen-bond acceptors (Lipinski definition) is 7. The molecule has 7 heteroatoms. The monoisotopic (exact) mass is 657 g/mol. The fourth-order valence-corrected chi connectivity index (χ4v) is 5.75. The Morgan fingerprint density at radius 3 is 2.06 bits per heavy atom. The molecule has 0 saturated carbocycles. The molecule has 1 aromatic heterocycles. The summed E-state index contributed by atoms with van der Waals surface area (Å²) in [5.41, 5.74) is 14.6. The summed E-state index contributed by atoms with van der Waals surface area (Å²) in [7, 11) is 6.73. The van der Waals surface area contributed by atoms with E-state index in [0.29, 0.717) is 6.54 Å². The number of pyridine rings is 1. The van der Waals surface area contributed by atoms with E-state index in [9.17, 15) is 0 Å². The summed E-state index contributed by atoms with van der Waals surface area (Å²) >= 11 is 0. The Bertz CT molecular complexity index is 1480. The highest BCUT2D eigenvalue weighted by Crippen LogP contribution is 2.36. The van der Waals surface area contributed by atoms with E-state index < -0.39 is 0 Å². The average molecular weight is 658 g/mol. The fraction of sp³-hybridized carbons (Fsp3) is 0.439. The van der Waals surface area contributed by atoms with Gasteiger partial charge >= 0.3 is 0 Å². The average Bonchev–Trinajstić information content (AvgIpc) is 3.64. The lowest BCUT2D eigenvalue weighted by molar-refractivity contribution is 0.331. The Labute approximate surface area is 290 Å². The number of nitrogens with two attached hydrogens (primary N) is 1. The number of benzene rings is 2. The van der Waals surface area contributed by atoms with Gasteiger partial charge in [-0.05, 0) is 117 Å². The number of methoxy groups -OCH3 is 4. The number of rotatable bonds is 13. The van der Waals surface area contributed by atoms with Crippen LogP contribution in [0.1, 0.15) is 76.1 Å². The van der Waals surface area contributed by atoms with Gasteiger partial charge in [-0.1, -0.05) is 51.5 Å². The lowest BCUT2D eigenvalue weighted by Crippen LogP contribution is -2.18. The third kappa shape index (κ3) is 11.3. The standard InChI is InChI=1S/C20H29NO2.C19H24N2O2.C2H6/c1-6-9-15(14-21)11-16(8-3)18-12-17(10-7-2)20(23-5)19(13-18)22-4;1-14-18(22-2)11-16(12-19(14)23-3)17-10-15(6-7-20-17)13-21-8-4-5-9-21;1-2/h6,8-9,11-13H,7,10,14,21H2,1-5H3;6-7,10-12H,4-5,8-9,13H2,1-3H3;1-2H3/b9-6-,15-11+,16-8-;;. The molecule has 1 saturated heterocycles. The molecule has 0 radical (unpaired) electrons. The van der Waals surface area contributed by atoms with Crippen molar-refractivity contribution in [2.75, 3.05) is 48.1 Å². The molecule has 0 unspecified atom stereocenters. The van der Waals surface area contributed by atoms with E-state index in [1.54, 1.807) is 28.4 Å². The van der Waals surface area contributed by atoms with Crippen molar-refractivity contribution in [2.45, 2.75) is 73.8 Å². The van der Waals surface area contributed by atoms with Crippen LogP contribution >= 0.6 is 0 Å². The van der Waals surface area contributed by atoms with Gasteiger partial charge in [-0.3, -0.25) is 9.88 Å². The van der Waals surface area contributed by atoms with E-state index in [-0.39, 0.29) is 0 Å². The van der Waals surface area contributed by atoms with Crippen LogP contribution in [-0.4, -0.2) is 58.0 Å². The first-order valence-electron chi connectivity index (χ1n) is 17.2. The minimum Gasteiger partial charge on any atom is -0.496 e. The fourth-order valence-electron chi connectivity index (χ4n) is 5.75. The highest BCUT2D eigenvalue weighted by molar-refractivity contribution is 5.77. The summed E-state index contributed by atoms with van der Waals surface area (Å²) in [5.74, 6) is 3.24. The van der Waals surface area contributed by atoms with E-state index in [2.05, 4.69) is 47.2 Å². The quantitative estimate of drug-likeness (QED) is 0.184. The van der Waals surface area contributed by atoms with Crippen LogP contribution < -0.4 is 24.7 Å². The molecule has 1 fully saturated rings. The zero-order chi connectivity index (χ0) is 35.5. The van der Waals surface area contributed by atoms with E-state index in [1.165, 1.54) is 31.5 Å². The largest absolute Gasteiger partial charge is 0.496 e. The molecule has 0 atom stereocenters. The van der Waals surface area contributed by atoms with Gasteiger partial charge in [-0.2, -0.15) is 0 Å². The van der Waals surface area contributed by atoms with Crippen molar-refractivity contribution < 1.29 is 18.9 Å². The van der Waals surface area contributed by atoms with E-state index >= 15 is 0 Å². The van der Waals surface area contributed by atoms with E-state index in [1.807, 2.05) is 71.2 Å². The predicted octanol–water partition coefficient (Wildman–Crippen LogP) is 9.22. The number of nitrogens with zero attached hydrogens (tertiary/aromatic N) is 2. The lowest BCUT2D eigenvalue weighted by atomic mass is 9.97. The van der Waals surface area contributed by atoms with Crippen molar-refractivity contribution in [3.05, 3.63) is 94.7 Å². The Morgan fingerprint density at radius 2 is 1.54 bits per heavy atom. The third-order valence-corrected chi connectivity index (χ3v) is 8.15. The topological polar surface area (TPSA) is 79.1 Å². The first kappa shape index (κ1) is 40.1. The van der Waals surface area contributed by atoms with Gasteiger partial charge < -0.3 is 24.7 Å². The molecular formula is C41H59N3O4. The maximum Gasteiger partial charge on any atom is 0.163 e. The number of hydrogen-bond donors (Lipinski definition) is 1. The molecule has 0 spiro atoms. The van der Waals surface area contributed by atoms with Crippen molar-refractivity contribution in [3.63, 3.8) is 0 Å². The predicted molar refractivity (Wildman–Crippen MR) is 203 cm³/mol. The Morgan fingerprint density at radius 1 is 0.896 bits per heavy atom. The number of ether oxygens (including phenoxy) is 4. The van der Waals surface area contributed by atoms with Crippen LogP contribution in [0.15, 0.2) is 72.5 Å². The molecule has 3 aromatic rings. The summed E-state index contributed by atoms with van der Waals surface area (Å²) in [4.78, 5) is 7.03. The SMILES string of the molecule is CC.COc1cc(-c2cc(CN3CCCC3)ccn2)cc(OC)c1C.C\C=C/C(=C\C(=C\C)c1cc(CCC)c(OC)c(OC)c1)CN. The Hall–Kier alpha value is -4.07. The van der Waals surface area contributed by atoms with Crippen LogP contribution in [-0.2, 0) is 13.0 Å². The number of likely N-dealkylation sites (tertiary alicyclic amines) is 1. The first-order valence-corrected chi connectivity index (χ1v) is 17.2. The molecule has 1 aliphatic rings. The zero-order valence-corrected chi connectivity index (χ0v) is 31.1. The first-order chi connectivity index (χ1) is 23.3. The molecule has 7 nitrogen and oxygen atoms in total. The highest BCUT2D eigenvalue weighted by atomic mass is 16.5. The number of aromatic nitrogens is 1. The normalized spacial score (nSPS) is 13.4. The molecule has 48 heavy (non-hydrogen) atoms. The summed E-state index contributed by atoms with van der Waals surface area (Å²) in [5, 5.41) is 0. The van der Waals surface area contributed by atoms with Crippen molar-refractivity contribution in [3.8, 4) is 34.3 Å². The van der Waals surface area contributed by atoms with Crippen LogP contribution in [0.25, 0.3) is 16.8 Å². The minimum absolute atomic E-state index is 0.511. The lowest BCUT2D eigenvalue weighted by Gasteiger charge is -2.16. The van der Waals surface area contributed by atoms with Crippen molar-refractivity contribution in [1.82, 2.24) is 9.88 Å². The van der Waals surface area contributed by atoms with Gasteiger partial charge in [-0.25, -0.2) is 0 Å². The van der Waals surface area contributed by atoms with Crippen LogP contribution in [0, 0.1) is 6.92 Å². The van der Waals surface area contributed by atoms with Gasteiger partial charge in [0.1, 0.15) is 11.5 Å². The van der Waals surface area contributed by atoms with Gasteiger partial charge in [0.2, 0.25) is 0 Å². The smallest absolute Gasteiger partial charge is 0.163 e. The van der Waals surface area contributed by atoms with Gasteiger partial charge in [-0.15, -0.1) is 0 Å². The van der Waals surface area contributed by atoms with Crippen LogP contribution in [0.4, 0.5) is 0 Å². The van der Waals surface area contributed by atoms with Gasteiger partial charge in [0.25, 0.3) is 0 Å². The summed E-state index contributed by atoms with van der Waals surface area (Å²) in [6.45, 7) is 16.1. The van der Waals surface area contributed by atoms with Crippen LogP contribution in [0.3, 0.4) is 0 Å². The second-order valence-electron chi connectivity index (χ2n) is 11.3.